The number of hydrogen-bond donors (Lipinski definition) is 0. The molecule has 3 atom stereocenters. The molecule has 1 fully saturated rings. The number of rotatable bonds is 1. The Labute approximate surface area is 113 Å². The molecule has 96 valence electrons. The van der Waals surface area contributed by atoms with Crippen LogP contribution in [-0.2, 0) is 4.74 Å². The summed E-state index contributed by atoms with van der Waals surface area (Å²) >= 11 is 0. The summed E-state index contributed by atoms with van der Waals surface area (Å²) in [4.78, 5) is 0. The fourth-order valence-electron chi connectivity index (χ4n) is 3.31. The molecule has 2 aromatic carbocycles. The lowest BCUT2D eigenvalue weighted by atomic mass is 9.78. The summed E-state index contributed by atoms with van der Waals surface area (Å²) in [6, 6.07) is 19.0. The molecular weight excluding hydrogens is 236 g/mol. The second kappa shape index (κ2) is 4.39. The van der Waals surface area contributed by atoms with Gasteiger partial charge in [-0.15, -0.1) is 0 Å². The molecular formula is C17H16O2. The van der Waals surface area contributed by atoms with Crippen LogP contribution in [0.5, 0.6) is 5.75 Å². The van der Waals surface area contributed by atoms with Gasteiger partial charge in [-0.25, -0.2) is 0 Å². The zero-order valence-corrected chi connectivity index (χ0v) is 10.7. The molecule has 0 amide bonds. The second-order valence-electron chi connectivity index (χ2n) is 5.24. The van der Waals surface area contributed by atoms with Crippen molar-refractivity contribution in [1.82, 2.24) is 0 Å². The Hall–Kier alpha value is -1.80. The molecule has 0 unspecified atom stereocenters. The molecule has 0 spiro atoms. The molecule has 4 rings (SSSR count). The predicted molar refractivity (Wildman–Crippen MR) is 73.2 cm³/mol. The molecule has 0 radical (unpaired) electrons. The third kappa shape index (κ3) is 1.75. The zero-order chi connectivity index (χ0) is 12.7. The van der Waals surface area contributed by atoms with Crippen molar-refractivity contribution >= 4 is 0 Å². The van der Waals surface area contributed by atoms with E-state index < -0.39 is 0 Å². The van der Waals surface area contributed by atoms with E-state index in [9.17, 15) is 0 Å². The molecule has 2 heteroatoms. The highest BCUT2D eigenvalue weighted by molar-refractivity contribution is 5.44. The van der Waals surface area contributed by atoms with E-state index in [0.29, 0.717) is 11.8 Å². The lowest BCUT2D eigenvalue weighted by molar-refractivity contribution is -0.0739. The van der Waals surface area contributed by atoms with Crippen molar-refractivity contribution in [1.29, 1.82) is 0 Å². The lowest BCUT2D eigenvalue weighted by Crippen LogP contribution is -2.33. The van der Waals surface area contributed by atoms with Crippen LogP contribution in [0.3, 0.4) is 0 Å². The van der Waals surface area contributed by atoms with Gasteiger partial charge in [0, 0.05) is 17.4 Å². The van der Waals surface area contributed by atoms with E-state index in [1.807, 2.05) is 12.1 Å². The van der Waals surface area contributed by atoms with Crippen LogP contribution in [0, 0.1) is 5.92 Å². The van der Waals surface area contributed by atoms with Gasteiger partial charge in [-0.05, 0) is 18.1 Å². The van der Waals surface area contributed by atoms with Gasteiger partial charge in [0.1, 0.15) is 5.75 Å². The summed E-state index contributed by atoms with van der Waals surface area (Å²) in [5.74, 6) is 1.79. The number of hydrogen-bond acceptors (Lipinski definition) is 2. The first-order valence-corrected chi connectivity index (χ1v) is 6.85. The Balaban J connectivity index is 1.86. The van der Waals surface area contributed by atoms with Gasteiger partial charge in [0.25, 0.3) is 0 Å². The summed E-state index contributed by atoms with van der Waals surface area (Å²) < 4.78 is 11.7. The monoisotopic (exact) mass is 252 g/mol. The summed E-state index contributed by atoms with van der Waals surface area (Å²) in [6.07, 6.45) is 0.985. The highest BCUT2D eigenvalue weighted by Gasteiger charge is 2.42. The van der Waals surface area contributed by atoms with Crippen LogP contribution in [0.25, 0.3) is 0 Å². The SMILES string of the molecule is c1ccc([C@H]2c3ccccc3O[C@H]3OCC[C@H]32)cc1. The van der Waals surface area contributed by atoms with Crippen LogP contribution in [-0.4, -0.2) is 12.9 Å². The molecule has 0 bridgehead atoms. The van der Waals surface area contributed by atoms with Crippen molar-refractivity contribution in [2.45, 2.75) is 18.6 Å². The Bertz CT molecular complexity index is 579. The molecule has 19 heavy (non-hydrogen) atoms. The van der Waals surface area contributed by atoms with Gasteiger partial charge in [0.15, 0.2) is 0 Å². The molecule has 0 N–H and O–H groups in total. The fraction of sp³-hybridized carbons (Fsp3) is 0.294. The van der Waals surface area contributed by atoms with Crippen molar-refractivity contribution in [2.24, 2.45) is 5.92 Å². The van der Waals surface area contributed by atoms with Gasteiger partial charge in [0.2, 0.25) is 6.29 Å². The van der Waals surface area contributed by atoms with Gasteiger partial charge < -0.3 is 9.47 Å². The normalized spacial score (nSPS) is 28.3. The second-order valence-corrected chi connectivity index (χ2v) is 5.24. The molecule has 2 heterocycles. The summed E-state index contributed by atoms with van der Waals surface area (Å²) in [6.45, 7) is 0.798. The molecule has 2 aromatic rings. The van der Waals surface area contributed by atoms with Crippen LogP contribution in [0.1, 0.15) is 23.5 Å². The van der Waals surface area contributed by atoms with Crippen molar-refractivity contribution in [3.05, 3.63) is 65.7 Å². The fourth-order valence-corrected chi connectivity index (χ4v) is 3.31. The Kier molecular flexibility index (Phi) is 2.56. The largest absolute Gasteiger partial charge is 0.464 e. The molecule has 0 saturated carbocycles. The Morgan fingerprint density at radius 2 is 1.68 bits per heavy atom. The van der Waals surface area contributed by atoms with E-state index in [1.165, 1.54) is 11.1 Å². The van der Waals surface area contributed by atoms with Crippen LogP contribution >= 0.6 is 0 Å². The first-order chi connectivity index (χ1) is 9.43. The van der Waals surface area contributed by atoms with E-state index in [-0.39, 0.29) is 6.29 Å². The van der Waals surface area contributed by atoms with Gasteiger partial charge in [-0.3, -0.25) is 0 Å². The first-order valence-electron chi connectivity index (χ1n) is 6.85. The average Bonchev–Trinajstić information content (AvgIpc) is 2.93. The van der Waals surface area contributed by atoms with Crippen LogP contribution in [0.15, 0.2) is 54.6 Å². The molecule has 1 saturated heterocycles. The van der Waals surface area contributed by atoms with Gasteiger partial charge in [-0.2, -0.15) is 0 Å². The minimum atomic E-state index is -0.0832. The van der Waals surface area contributed by atoms with Gasteiger partial charge in [0.05, 0.1) is 6.61 Å². The maximum absolute atomic E-state index is 5.99. The standard InChI is InChI=1S/C17H16O2/c1-2-6-12(7-3-1)16-13-8-4-5-9-15(13)19-17-14(16)10-11-18-17/h1-9,14,16-17H,10-11H2/t14-,16-,17+/m0/s1. The van der Waals surface area contributed by atoms with Gasteiger partial charge in [-0.1, -0.05) is 48.5 Å². The summed E-state index contributed by atoms with van der Waals surface area (Å²) in [5.41, 5.74) is 2.65. The van der Waals surface area contributed by atoms with Crippen molar-refractivity contribution in [2.75, 3.05) is 6.61 Å². The zero-order valence-electron chi connectivity index (χ0n) is 10.7. The maximum atomic E-state index is 5.99. The average molecular weight is 252 g/mol. The molecule has 2 aliphatic heterocycles. The molecule has 0 aliphatic carbocycles. The number of fused-ring (bicyclic) bond motifs is 2. The minimum absolute atomic E-state index is 0.0832. The number of benzene rings is 2. The van der Waals surface area contributed by atoms with Crippen LogP contribution in [0.2, 0.25) is 0 Å². The predicted octanol–water partition coefficient (Wildman–Crippen LogP) is 3.57. The third-order valence-corrected chi connectivity index (χ3v) is 4.17. The lowest BCUT2D eigenvalue weighted by Gasteiger charge is -2.35. The highest BCUT2D eigenvalue weighted by Crippen LogP contribution is 2.47. The molecule has 2 aliphatic rings. The molecule has 0 aromatic heterocycles. The van der Waals surface area contributed by atoms with Crippen LogP contribution in [0.4, 0.5) is 0 Å². The van der Waals surface area contributed by atoms with Crippen LogP contribution < -0.4 is 4.74 Å². The smallest absolute Gasteiger partial charge is 0.203 e. The van der Waals surface area contributed by atoms with E-state index in [2.05, 4.69) is 42.5 Å². The van der Waals surface area contributed by atoms with E-state index in [0.717, 1.165) is 18.8 Å². The quantitative estimate of drug-likeness (QED) is 0.772. The first kappa shape index (κ1) is 11.1. The highest BCUT2D eigenvalue weighted by atomic mass is 16.7. The Morgan fingerprint density at radius 3 is 2.58 bits per heavy atom. The van der Waals surface area contributed by atoms with Crippen molar-refractivity contribution in [3.8, 4) is 5.75 Å². The topological polar surface area (TPSA) is 18.5 Å². The van der Waals surface area contributed by atoms with Gasteiger partial charge >= 0.3 is 0 Å². The summed E-state index contributed by atoms with van der Waals surface area (Å²) in [7, 11) is 0. The third-order valence-electron chi connectivity index (χ3n) is 4.17. The molecule has 2 nitrogen and oxygen atoms in total. The van der Waals surface area contributed by atoms with Crippen molar-refractivity contribution in [3.63, 3.8) is 0 Å². The summed E-state index contributed by atoms with van der Waals surface area (Å²) in [5, 5.41) is 0. The van der Waals surface area contributed by atoms with E-state index in [4.69, 9.17) is 9.47 Å². The number of ether oxygens (including phenoxy) is 2. The minimum Gasteiger partial charge on any atom is -0.464 e. The Morgan fingerprint density at radius 1 is 0.895 bits per heavy atom. The number of para-hydroxylation sites is 1. The maximum Gasteiger partial charge on any atom is 0.203 e. The van der Waals surface area contributed by atoms with Crippen molar-refractivity contribution < 1.29 is 9.47 Å². The van der Waals surface area contributed by atoms with E-state index in [1.54, 1.807) is 0 Å². The van der Waals surface area contributed by atoms with E-state index >= 15 is 0 Å².